The second-order valence-corrected chi connectivity index (χ2v) is 3.52. The van der Waals surface area contributed by atoms with Crippen LogP contribution in [0.1, 0.15) is 16.3 Å². The van der Waals surface area contributed by atoms with E-state index in [2.05, 4.69) is 20.3 Å². The highest BCUT2D eigenvalue weighted by atomic mass is 35.5. The highest BCUT2D eigenvalue weighted by Crippen LogP contribution is 2.05. The van der Waals surface area contributed by atoms with E-state index in [0.29, 0.717) is 23.1 Å². The van der Waals surface area contributed by atoms with Crippen molar-refractivity contribution in [3.05, 3.63) is 47.3 Å². The first-order valence-electron chi connectivity index (χ1n) is 4.64. The molecule has 2 aromatic heterocycles. The van der Waals surface area contributed by atoms with E-state index >= 15 is 0 Å². The van der Waals surface area contributed by atoms with Gasteiger partial charge in [0.25, 0.3) is 5.91 Å². The number of aromatic nitrogens is 3. The maximum atomic E-state index is 11.6. The molecule has 0 aromatic carbocycles. The largest absolute Gasteiger partial charge is 0.347 e. The van der Waals surface area contributed by atoms with Gasteiger partial charge in [0.1, 0.15) is 11.5 Å². The first-order valence-corrected chi connectivity index (χ1v) is 5.01. The first-order chi connectivity index (χ1) is 7.75. The van der Waals surface area contributed by atoms with Gasteiger partial charge in [0, 0.05) is 18.6 Å². The van der Waals surface area contributed by atoms with Gasteiger partial charge in [-0.05, 0) is 12.1 Å². The average Bonchev–Trinajstić information content (AvgIpc) is 2.80. The second-order valence-electron chi connectivity index (χ2n) is 3.08. The molecule has 0 saturated heterocycles. The van der Waals surface area contributed by atoms with Crippen LogP contribution in [0.2, 0.25) is 5.02 Å². The monoisotopic (exact) mass is 236 g/mol. The Morgan fingerprint density at radius 1 is 1.44 bits per heavy atom. The standard InChI is InChI=1S/C10H9ClN4O/c11-7-1-2-8(14-5-7)10(16)15-6-9-12-3-4-13-9/h1-5H,6H2,(H,12,13)(H,15,16). The molecule has 0 saturated carbocycles. The number of nitrogens with one attached hydrogen (secondary N) is 2. The molecule has 2 rings (SSSR count). The van der Waals surface area contributed by atoms with E-state index in [1.54, 1.807) is 24.5 Å². The highest BCUT2D eigenvalue weighted by Gasteiger charge is 2.06. The topological polar surface area (TPSA) is 70.7 Å². The van der Waals surface area contributed by atoms with Gasteiger partial charge >= 0.3 is 0 Å². The van der Waals surface area contributed by atoms with Gasteiger partial charge in [-0.25, -0.2) is 9.97 Å². The molecule has 1 amide bonds. The van der Waals surface area contributed by atoms with Crippen LogP contribution in [0, 0.1) is 0 Å². The predicted octanol–water partition coefficient (Wildman–Crippen LogP) is 1.39. The van der Waals surface area contributed by atoms with Crippen LogP contribution in [-0.4, -0.2) is 20.9 Å². The smallest absolute Gasteiger partial charge is 0.270 e. The van der Waals surface area contributed by atoms with Crippen LogP contribution < -0.4 is 5.32 Å². The number of hydrogen-bond acceptors (Lipinski definition) is 3. The molecule has 16 heavy (non-hydrogen) atoms. The van der Waals surface area contributed by atoms with Crippen LogP contribution in [0.3, 0.4) is 0 Å². The maximum absolute atomic E-state index is 11.6. The molecule has 5 nitrogen and oxygen atoms in total. The van der Waals surface area contributed by atoms with E-state index in [4.69, 9.17) is 11.6 Å². The first kappa shape index (κ1) is 10.6. The summed E-state index contributed by atoms with van der Waals surface area (Å²) < 4.78 is 0. The predicted molar refractivity (Wildman–Crippen MR) is 59.0 cm³/mol. The van der Waals surface area contributed by atoms with E-state index < -0.39 is 0 Å². The molecular formula is C10H9ClN4O. The molecule has 2 aromatic rings. The van der Waals surface area contributed by atoms with Crippen LogP contribution in [0.4, 0.5) is 0 Å². The molecule has 2 heterocycles. The fourth-order valence-corrected chi connectivity index (χ4v) is 1.27. The molecule has 0 radical (unpaired) electrons. The number of aromatic amines is 1. The number of rotatable bonds is 3. The van der Waals surface area contributed by atoms with Crippen molar-refractivity contribution >= 4 is 17.5 Å². The lowest BCUT2D eigenvalue weighted by atomic mass is 10.3. The summed E-state index contributed by atoms with van der Waals surface area (Å²) in [6.45, 7) is 0.343. The van der Waals surface area contributed by atoms with E-state index in [9.17, 15) is 4.79 Å². The Kier molecular flexibility index (Phi) is 3.16. The molecule has 2 N–H and O–H groups in total. The third-order valence-electron chi connectivity index (χ3n) is 1.93. The highest BCUT2D eigenvalue weighted by molar-refractivity contribution is 6.30. The lowest BCUT2D eigenvalue weighted by molar-refractivity contribution is 0.0945. The van der Waals surface area contributed by atoms with Crippen molar-refractivity contribution < 1.29 is 4.79 Å². The quantitative estimate of drug-likeness (QED) is 0.846. The summed E-state index contributed by atoms with van der Waals surface area (Å²) in [7, 11) is 0. The minimum absolute atomic E-state index is 0.256. The molecule has 0 aliphatic carbocycles. The minimum atomic E-state index is -0.256. The lowest BCUT2D eigenvalue weighted by Gasteiger charge is -2.02. The minimum Gasteiger partial charge on any atom is -0.347 e. The summed E-state index contributed by atoms with van der Waals surface area (Å²) in [5.41, 5.74) is 0.330. The van der Waals surface area contributed by atoms with Crippen molar-refractivity contribution in [1.29, 1.82) is 0 Å². The molecule has 0 fully saturated rings. The Labute approximate surface area is 96.9 Å². The molecule has 0 atom stereocenters. The summed E-state index contributed by atoms with van der Waals surface area (Å²) in [6, 6.07) is 3.19. The zero-order valence-corrected chi connectivity index (χ0v) is 9.03. The molecule has 6 heteroatoms. The van der Waals surface area contributed by atoms with Crippen molar-refractivity contribution in [2.45, 2.75) is 6.54 Å². The Morgan fingerprint density at radius 3 is 2.94 bits per heavy atom. The molecule has 0 unspecified atom stereocenters. The van der Waals surface area contributed by atoms with Crippen molar-refractivity contribution in [1.82, 2.24) is 20.3 Å². The van der Waals surface area contributed by atoms with E-state index in [1.165, 1.54) is 6.20 Å². The van der Waals surface area contributed by atoms with Crippen LogP contribution in [-0.2, 0) is 6.54 Å². The Hall–Kier alpha value is -1.88. The van der Waals surface area contributed by atoms with E-state index in [1.807, 2.05) is 0 Å². The Morgan fingerprint density at radius 2 is 2.31 bits per heavy atom. The summed E-state index contributed by atoms with van der Waals surface area (Å²) in [4.78, 5) is 22.4. The molecule has 0 bridgehead atoms. The zero-order chi connectivity index (χ0) is 11.4. The van der Waals surface area contributed by atoms with Gasteiger partial charge in [-0.1, -0.05) is 11.6 Å². The Balaban J connectivity index is 1.95. The zero-order valence-electron chi connectivity index (χ0n) is 8.27. The average molecular weight is 237 g/mol. The number of H-pyrrole nitrogens is 1. The van der Waals surface area contributed by atoms with Crippen LogP contribution in [0.5, 0.6) is 0 Å². The van der Waals surface area contributed by atoms with Crippen molar-refractivity contribution in [2.24, 2.45) is 0 Å². The van der Waals surface area contributed by atoms with Gasteiger partial charge in [0.15, 0.2) is 0 Å². The number of carbonyl (C=O) groups is 1. The number of pyridine rings is 1. The Bertz CT molecular complexity index is 466. The van der Waals surface area contributed by atoms with Gasteiger partial charge in [-0.15, -0.1) is 0 Å². The number of nitrogens with zero attached hydrogens (tertiary/aromatic N) is 2. The SMILES string of the molecule is O=C(NCc1ncc[nH]1)c1ccc(Cl)cn1. The normalized spacial score (nSPS) is 10.1. The molecule has 0 aliphatic heterocycles. The van der Waals surface area contributed by atoms with E-state index in [-0.39, 0.29) is 5.91 Å². The second kappa shape index (κ2) is 4.76. The van der Waals surface area contributed by atoms with Crippen molar-refractivity contribution in [3.8, 4) is 0 Å². The van der Waals surface area contributed by atoms with Crippen LogP contribution in [0.15, 0.2) is 30.7 Å². The lowest BCUT2D eigenvalue weighted by Crippen LogP contribution is -2.24. The van der Waals surface area contributed by atoms with Gasteiger partial charge in [0.05, 0.1) is 11.6 Å². The van der Waals surface area contributed by atoms with Gasteiger partial charge in [-0.3, -0.25) is 4.79 Å². The fourth-order valence-electron chi connectivity index (χ4n) is 1.16. The van der Waals surface area contributed by atoms with Crippen molar-refractivity contribution in [3.63, 3.8) is 0 Å². The third-order valence-corrected chi connectivity index (χ3v) is 2.15. The molecule has 0 aliphatic rings. The number of carbonyl (C=O) groups excluding carboxylic acids is 1. The fraction of sp³-hybridized carbons (Fsp3) is 0.100. The molecule has 0 spiro atoms. The van der Waals surface area contributed by atoms with Gasteiger partial charge in [0.2, 0.25) is 0 Å². The third kappa shape index (κ3) is 2.58. The number of imidazole rings is 1. The summed E-state index contributed by atoms with van der Waals surface area (Å²) in [5, 5.41) is 3.18. The maximum Gasteiger partial charge on any atom is 0.270 e. The van der Waals surface area contributed by atoms with E-state index in [0.717, 1.165) is 0 Å². The van der Waals surface area contributed by atoms with Gasteiger partial charge in [-0.2, -0.15) is 0 Å². The van der Waals surface area contributed by atoms with Gasteiger partial charge < -0.3 is 10.3 Å². The summed E-state index contributed by atoms with van der Waals surface area (Å²) in [6.07, 6.45) is 4.76. The molecule has 82 valence electrons. The van der Waals surface area contributed by atoms with Crippen LogP contribution in [0.25, 0.3) is 0 Å². The number of hydrogen-bond donors (Lipinski definition) is 2. The van der Waals surface area contributed by atoms with Crippen LogP contribution >= 0.6 is 11.6 Å². The van der Waals surface area contributed by atoms with Crippen molar-refractivity contribution in [2.75, 3.05) is 0 Å². The summed E-state index contributed by atoms with van der Waals surface area (Å²) >= 11 is 5.67. The number of amides is 1. The number of halogens is 1. The summed E-state index contributed by atoms with van der Waals surface area (Å²) in [5.74, 6) is 0.440. The molecular weight excluding hydrogens is 228 g/mol.